The molecular weight excluding hydrogens is 290 g/mol. The third kappa shape index (κ3) is 2.81. The van der Waals surface area contributed by atoms with Gasteiger partial charge in [0.05, 0.1) is 5.69 Å². The largest absolute Gasteiger partial charge is 0.484 e. The summed E-state index contributed by atoms with van der Waals surface area (Å²) in [5, 5.41) is 0. The van der Waals surface area contributed by atoms with E-state index in [2.05, 4.69) is 4.98 Å². The van der Waals surface area contributed by atoms with Gasteiger partial charge in [-0.1, -0.05) is 0 Å². The fourth-order valence-corrected chi connectivity index (χ4v) is 2.07. The summed E-state index contributed by atoms with van der Waals surface area (Å²) < 4.78 is 33.0. The Hall–Kier alpha value is -2.76. The second-order valence-electron chi connectivity index (χ2n) is 4.88. The van der Waals surface area contributed by atoms with Crippen molar-refractivity contribution in [3.63, 3.8) is 0 Å². The minimum Gasteiger partial charge on any atom is -0.484 e. The van der Waals surface area contributed by atoms with Crippen molar-refractivity contribution < 1.29 is 13.5 Å². The topological polar surface area (TPSA) is 43.6 Å². The zero-order valence-electron chi connectivity index (χ0n) is 11.7. The first-order valence-corrected chi connectivity index (χ1v) is 6.60. The number of rotatable bonds is 3. The SMILES string of the molecule is Cc1ccn2c(=O)cc(COc3ccc(F)cc3F)nc2c1. The summed E-state index contributed by atoms with van der Waals surface area (Å²) in [6, 6.07) is 7.93. The van der Waals surface area contributed by atoms with Crippen molar-refractivity contribution in [1.82, 2.24) is 9.38 Å². The van der Waals surface area contributed by atoms with E-state index >= 15 is 0 Å². The monoisotopic (exact) mass is 302 g/mol. The standard InChI is InChI=1S/C16H12F2N2O2/c1-10-4-5-20-15(6-10)19-12(8-16(20)21)9-22-14-3-2-11(17)7-13(14)18/h2-8H,9H2,1H3. The molecule has 0 saturated heterocycles. The number of aryl methyl sites for hydroxylation is 1. The molecule has 0 aliphatic rings. The third-order valence-corrected chi connectivity index (χ3v) is 3.15. The van der Waals surface area contributed by atoms with Gasteiger partial charge >= 0.3 is 0 Å². The van der Waals surface area contributed by atoms with Gasteiger partial charge in [0.2, 0.25) is 0 Å². The first-order chi connectivity index (χ1) is 10.5. The van der Waals surface area contributed by atoms with Crippen LogP contribution in [0.1, 0.15) is 11.3 Å². The highest BCUT2D eigenvalue weighted by molar-refractivity contribution is 5.41. The maximum absolute atomic E-state index is 13.5. The Morgan fingerprint density at radius 1 is 1.18 bits per heavy atom. The minimum absolute atomic E-state index is 0.0811. The number of ether oxygens (including phenoxy) is 1. The van der Waals surface area contributed by atoms with E-state index in [-0.39, 0.29) is 17.9 Å². The number of halogens is 2. The van der Waals surface area contributed by atoms with Crippen LogP contribution in [0.25, 0.3) is 5.65 Å². The highest BCUT2D eigenvalue weighted by Crippen LogP contribution is 2.18. The van der Waals surface area contributed by atoms with E-state index in [1.165, 1.54) is 16.5 Å². The number of hydrogen-bond donors (Lipinski definition) is 0. The van der Waals surface area contributed by atoms with Gasteiger partial charge in [-0.3, -0.25) is 9.20 Å². The molecule has 6 heteroatoms. The number of benzene rings is 1. The van der Waals surface area contributed by atoms with Crippen LogP contribution in [0.5, 0.6) is 5.75 Å². The van der Waals surface area contributed by atoms with Crippen LogP contribution >= 0.6 is 0 Å². The molecule has 2 heterocycles. The Kier molecular flexibility index (Phi) is 3.58. The molecule has 0 N–H and O–H groups in total. The van der Waals surface area contributed by atoms with Gasteiger partial charge in [-0.2, -0.15) is 0 Å². The highest BCUT2D eigenvalue weighted by Gasteiger charge is 2.07. The number of fused-ring (bicyclic) bond motifs is 1. The van der Waals surface area contributed by atoms with Crippen LogP contribution in [0.4, 0.5) is 8.78 Å². The molecule has 0 spiro atoms. The lowest BCUT2D eigenvalue weighted by molar-refractivity contribution is 0.285. The van der Waals surface area contributed by atoms with Crippen molar-refractivity contribution in [2.45, 2.75) is 13.5 Å². The summed E-state index contributed by atoms with van der Waals surface area (Å²) >= 11 is 0. The van der Waals surface area contributed by atoms with Crippen molar-refractivity contribution in [1.29, 1.82) is 0 Å². The molecule has 0 saturated carbocycles. The summed E-state index contributed by atoms with van der Waals surface area (Å²) in [7, 11) is 0. The quantitative estimate of drug-likeness (QED) is 0.747. The molecule has 0 amide bonds. The van der Waals surface area contributed by atoms with Gasteiger partial charge in [-0.25, -0.2) is 13.8 Å². The van der Waals surface area contributed by atoms with Gasteiger partial charge in [0.25, 0.3) is 5.56 Å². The summed E-state index contributed by atoms with van der Waals surface area (Å²) in [5.41, 5.74) is 1.59. The van der Waals surface area contributed by atoms with E-state index in [1.54, 1.807) is 18.3 Å². The van der Waals surface area contributed by atoms with E-state index in [1.807, 2.05) is 6.92 Å². The molecule has 1 aromatic carbocycles. The lowest BCUT2D eigenvalue weighted by Gasteiger charge is -2.08. The maximum Gasteiger partial charge on any atom is 0.258 e. The molecule has 2 aromatic heterocycles. The first-order valence-electron chi connectivity index (χ1n) is 6.60. The lowest BCUT2D eigenvalue weighted by atomic mass is 10.3. The highest BCUT2D eigenvalue weighted by atomic mass is 19.1. The lowest BCUT2D eigenvalue weighted by Crippen LogP contribution is -2.16. The molecule has 3 aromatic rings. The number of pyridine rings is 1. The molecule has 0 aliphatic heterocycles. The second-order valence-corrected chi connectivity index (χ2v) is 4.88. The molecule has 22 heavy (non-hydrogen) atoms. The molecule has 0 fully saturated rings. The van der Waals surface area contributed by atoms with Crippen LogP contribution in [0.2, 0.25) is 0 Å². The Morgan fingerprint density at radius 2 is 2.00 bits per heavy atom. The number of aromatic nitrogens is 2. The molecule has 0 radical (unpaired) electrons. The average Bonchev–Trinajstić information content (AvgIpc) is 2.46. The van der Waals surface area contributed by atoms with Crippen LogP contribution in [0.15, 0.2) is 47.4 Å². The molecule has 0 aliphatic carbocycles. The van der Waals surface area contributed by atoms with E-state index in [4.69, 9.17) is 4.74 Å². The zero-order valence-corrected chi connectivity index (χ0v) is 11.7. The minimum atomic E-state index is -0.798. The Morgan fingerprint density at radius 3 is 2.77 bits per heavy atom. The van der Waals surface area contributed by atoms with E-state index in [9.17, 15) is 13.6 Å². The average molecular weight is 302 g/mol. The molecular formula is C16H12F2N2O2. The van der Waals surface area contributed by atoms with Crippen LogP contribution in [-0.2, 0) is 6.61 Å². The normalized spacial score (nSPS) is 10.9. The van der Waals surface area contributed by atoms with Crippen molar-refractivity contribution >= 4 is 5.65 Å². The van der Waals surface area contributed by atoms with Gasteiger partial charge in [0, 0.05) is 18.3 Å². The van der Waals surface area contributed by atoms with Crippen molar-refractivity contribution in [3.05, 3.63) is 75.8 Å². The van der Waals surface area contributed by atoms with Crippen LogP contribution < -0.4 is 10.3 Å². The third-order valence-electron chi connectivity index (χ3n) is 3.15. The maximum atomic E-state index is 13.5. The Bertz CT molecular complexity index is 906. The number of hydrogen-bond acceptors (Lipinski definition) is 3. The summed E-state index contributed by atoms with van der Waals surface area (Å²) in [5.74, 6) is -1.57. The van der Waals surface area contributed by atoms with Gasteiger partial charge in [0.15, 0.2) is 11.6 Å². The smallest absolute Gasteiger partial charge is 0.258 e. The van der Waals surface area contributed by atoms with Gasteiger partial charge in [-0.05, 0) is 36.8 Å². The van der Waals surface area contributed by atoms with Crippen molar-refractivity contribution in [3.8, 4) is 5.75 Å². The molecule has 112 valence electrons. The predicted octanol–water partition coefficient (Wildman–Crippen LogP) is 2.86. The number of nitrogens with zero attached hydrogens (tertiary/aromatic N) is 2. The Labute approximate surface area is 124 Å². The van der Waals surface area contributed by atoms with Crippen LogP contribution in [0.3, 0.4) is 0 Å². The molecule has 0 bridgehead atoms. The summed E-state index contributed by atoms with van der Waals surface area (Å²) in [6.45, 7) is 1.81. The van der Waals surface area contributed by atoms with Crippen molar-refractivity contribution in [2.24, 2.45) is 0 Å². The fraction of sp³-hybridized carbons (Fsp3) is 0.125. The molecule has 4 nitrogen and oxygen atoms in total. The summed E-state index contributed by atoms with van der Waals surface area (Å²) in [4.78, 5) is 16.3. The van der Waals surface area contributed by atoms with Crippen LogP contribution in [0, 0.1) is 18.6 Å². The van der Waals surface area contributed by atoms with Gasteiger partial charge in [-0.15, -0.1) is 0 Å². The molecule has 0 unspecified atom stereocenters. The van der Waals surface area contributed by atoms with Crippen LogP contribution in [-0.4, -0.2) is 9.38 Å². The van der Waals surface area contributed by atoms with E-state index in [0.29, 0.717) is 11.3 Å². The predicted molar refractivity (Wildman–Crippen MR) is 76.9 cm³/mol. The van der Waals surface area contributed by atoms with E-state index in [0.717, 1.165) is 17.7 Å². The first kappa shape index (κ1) is 14.2. The van der Waals surface area contributed by atoms with Gasteiger partial charge in [0.1, 0.15) is 18.1 Å². The molecule has 0 atom stereocenters. The van der Waals surface area contributed by atoms with Gasteiger partial charge < -0.3 is 4.74 Å². The zero-order chi connectivity index (χ0) is 15.7. The van der Waals surface area contributed by atoms with E-state index < -0.39 is 11.6 Å². The summed E-state index contributed by atoms with van der Waals surface area (Å²) in [6.07, 6.45) is 1.64. The van der Waals surface area contributed by atoms with Crippen molar-refractivity contribution in [2.75, 3.05) is 0 Å². The Balaban J connectivity index is 1.89. The fourth-order valence-electron chi connectivity index (χ4n) is 2.07. The molecule has 3 rings (SSSR count). The second kappa shape index (κ2) is 5.55.